The van der Waals surface area contributed by atoms with Gasteiger partial charge in [0.15, 0.2) is 0 Å². The van der Waals surface area contributed by atoms with Crippen molar-refractivity contribution in [2.75, 3.05) is 25.0 Å². The number of allylic oxidation sites excluding steroid dienone is 4. The molecule has 0 saturated heterocycles. The molecule has 0 aliphatic heterocycles. The summed E-state index contributed by atoms with van der Waals surface area (Å²) >= 11 is 0. The van der Waals surface area contributed by atoms with Gasteiger partial charge in [0.2, 0.25) is 0 Å². The van der Waals surface area contributed by atoms with Crippen LogP contribution in [0.5, 0.6) is 11.5 Å². The van der Waals surface area contributed by atoms with Gasteiger partial charge in [-0.05, 0) is 94.0 Å². The first-order chi connectivity index (χ1) is 22.9. The third kappa shape index (κ3) is 8.73. The molecule has 1 saturated carbocycles. The number of Topliss-reactive ketones (excluding diaryl/α,β-unsaturated/α-hetero) is 2. The first-order valence-corrected chi connectivity index (χ1v) is 16.6. The van der Waals surface area contributed by atoms with E-state index < -0.39 is 24.0 Å². The minimum Gasteiger partial charge on any atom is -0.593 e. The van der Waals surface area contributed by atoms with Gasteiger partial charge < -0.3 is 35.1 Å². The van der Waals surface area contributed by atoms with Gasteiger partial charge in [-0.25, -0.2) is 0 Å². The minimum absolute atomic E-state index is 0.000778. The lowest BCUT2D eigenvalue weighted by atomic mass is 9.84. The van der Waals surface area contributed by atoms with E-state index in [1.54, 1.807) is 25.1 Å². The van der Waals surface area contributed by atoms with Gasteiger partial charge in [-0.1, -0.05) is 12.2 Å². The Morgan fingerprint density at radius 1 is 1.02 bits per heavy atom. The molecule has 2 unspecified atom stereocenters. The van der Waals surface area contributed by atoms with Crippen molar-refractivity contribution in [3.05, 3.63) is 81.6 Å². The van der Waals surface area contributed by atoms with Crippen LogP contribution in [0, 0.1) is 12.8 Å². The van der Waals surface area contributed by atoms with Crippen LogP contribution < -0.4 is 20.5 Å². The van der Waals surface area contributed by atoms with Crippen LogP contribution in [0.3, 0.4) is 0 Å². The number of esters is 1. The van der Waals surface area contributed by atoms with E-state index in [0.717, 1.165) is 34.6 Å². The van der Waals surface area contributed by atoms with Gasteiger partial charge in [0.05, 0.1) is 30.1 Å². The zero-order valence-corrected chi connectivity index (χ0v) is 28.4. The number of ether oxygens (including phenoxy) is 2. The number of anilines is 1. The van der Waals surface area contributed by atoms with Gasteiger partial charge in [0.25, 0.3) is 5.75 Å². The molecule has 0 bridgehead atoms. The molecule has 2 aliphatic rings. The number of carbonyl (C=O) groups excluding carboxylic acids is 4. The number of nitrogens with one attached hydrogen (secondary N) is 2. The summed E-state index contributed by atoms with van der Waals surface area (Å²) < 4.78 is 11.3. The van der Waals surface area contributed by atoms with Crippen LogP contribution in [0.25, 0.3) is 5.57 Å². The van der Waals surface area contributed by atoms with Crippen molar-refractivity contribution in [3.8, 4) is 11.5 Å². The molecule has 0 aromatic heterocycles. The van der Waals surface area contributed by atoms with Crippen molar-refractivity contribution >= 4 is 34.8 Å². The summed E-state index contributed by atoms with van der Waals surface area (Å²) in [5.41, 5.74) is 6.27. The highest BCUT2D eigenvalue weighted by Gasteiger charge is 2.33. The molecular formula is C38H46N2O8. The third-order valence-electron chi connectivity index (χ3n) is 8.70. The summed E-state index contributed by atoms with van der Waals surface area (Å²) in [6, 6.07) is 8.46. The van der Waals surface area contributed by atoms with Crippen molar-refractivity contribution in [3.63, 3.8) is 0 Å². The van der Waals surface area contributed by atoms with Crippen molar-refractivity contribution in [1.29, 1.82) is 0 Å². The van der Waals surface area contributed by atoms with Crippen molar-refractivity contribution in [1.82, 2.24) is 5.32 Å². The largest absolute Gasteiger partial charge is 0.593 e. The number of hydrogen-bond donors (Lipinski definition) is 2. The Bertz CT molecular complexity index is 1670. The number of carboxylic acids is 1. The van der Waals surface area contributed by atoms with Crippen LogP contribution in [-0.2, 0) is 19.1 Å². The number of hydrogen-bond acceptors (Lipinski definition) is 9. The fourth-order valence-corrected chi connectivity index (χ4v) is 6.23. The number of ketones is 2. The Hall–Kier alpha value is -4.86. The van der Waals surface area contributed by atoms with Gasteiger partial charge in [-0.3, -0.25) is 14.4 Å². The van der Waals surface area contributed by atoms with Crippen LogP contribution in [0.4, 0.5) is 5.69 Å². The zero-order chi connectivity index (χ0) is 35.0. The first kappa shape index (κ1) is 36.0. The highest BCUT2D eigenvalue weighted by molar-refractivity contribution is 5.99. The number of aryl methyl sites for hydroxylation is 1. The lowest BCUT2D eigenvalue weighted by molar-refractivity contribution is -0.255. The highest BCUT2D eigenvalue weighted by atomic mass is 16.5. The van der Waals surface area contributed by atoms with Crippen LogP contribution in [0.15, 0.2) is 59.3 Å². The van der Waals surface area contributed by atoms with Crippen LogP contribution in [0.2, 0.25) is 0 Å². The molecule has 1 fully saturated rings. The predicted molar refractivity (Wildman–Crippen MR) is 183 cm³/mol. The zero-order valence-electron chi connectivity index (χ0n) is 28.4. The Labute approximate surface area is 281 Å². The Morgan fingerprint density at radius 2 is 1.77 bits per heavy atom. The van der Waals surface area contributed by atoms with Gasteiger partial charge in [-0.2, -0.15) is 0 Å². The normalized spacial score (nSPS) is 18.0. The van der Waals surface area contributed by atoms with Crippen LogP contribution in [-0.4, -0.2) is 54.4 Å². The summed E-state index contributed by atoms with van der Waals surface area (Å²) in [6.45, 7) is 11.2. The van der Waals surface area contributed by atoms with Gasteiger partial charge >= 0.3 is 5.97 Å². The van der Waals surface area contributed by atoms with Crippen molar-refractivity contribution in [2.45, 2.75) is 79.2 Å². The molecule has 2 aliphatic carbocycles. The maximum Gasteiger partial charge on any atom is 0.306 e. The van der Waals surface area contributed by atoms with E-state index in [4.69, 9.17) is 14.6 Å². The Balaban J connectivity index is 1.56. The topological polar surface area (TPSA) is 157 Å². The lowest BCUT2D eigenvalue weighted by Gasteiger charge is -2.25. The second-order valence-corrected chi connectivity index (χ2v) is 12.3. The average molecular weight is 659 g/mol. The number of carbonyl (C=O) groups is 4. The Morgan fingerprint density at radius 3 is 2.46 bits per heavy atom. The van der Waals surface area contributed by atoms with E-state index in [9.17, 15) is 24.3 Å². The molecular weight excluding hydrogens is 612 g/mol. The van der Waals surface area contributed by atoms with E-state index >= 15 is 0 Å². The highest BCUT2D eigenvalue weighted by Crippen LogP contribution is 2.41. The van der Waals surface area contributed by atoms with Crippen molar-refractivity contribution < 1.29 is 38.9 Å². The van der Waals surface area contributed by atoms with Crippen molar-refractivity contribution in [2.24, 2.45) is 5.92 Å². The first-order valence-electron chi connectivity index (χ1n) is 16.6. The molecule has 48 heavy (non-hydrogen) atoms. The predicted octanol–water partition coefficient (Wildman–Crippen LogP) is 4.90. The second-order valence-electron chi connectivity index (χ2n) is 12.3. The summed E-state index contributed by atoms with van der Waals surface area (Å²) in [4.78, 5) is 49.0. The van der Waals surface area contributed by atoms with Gasteiger partial charge in [0.1, 0.15) is 23.4 Å². The molecule has 0 spiro atoms. The molecule has 4 rings (SSSR count). The summed E-state index contributed by atoms with van der Waals surface area (Å²) in [5.74, 6) is -1.99. The summed E-state index contributed by atoms with van der Waals surface area (Å²) in [7, 11) is 0. The van der Waals surface area contributed by atoms with E-state index in [0.29, 0.717) is 41.8 Å². The quantitative estimate of drug-likeness (QED) is 0.164. The second kappa shape index (κ2) is 16.3. The standard InChI is InChI=1S/C38H46N2O8/c1-6-39-32-14-10-25(17-22(32)3)37(31-18-23(4)33(40-7-2)21-35(31)43)28-13-12-27(20-30(28)38(45)46)47-16-8-9-36(44)48-24(5)29-19-26(41)11-15-34(29)42/h12-14,17-18,20-21,24,29,39-40,43H,6-11,15-16,19H2,1-5H3,(H,45,46)/b37-25+. The van der Waals surface area contributed by atoms with Gasteiger partial charge in [0, 0.05) is 61.3 Å². The van der Waals surface area contributed by atoms with E-state index in [1.807, 2.05) is 39.8 Å². The van der Waals surface area contributed by atoms with Crippen LogP contribution >= 0.6 is 0 Å². The molecule has 0 radical (unpaired) electrons. The number of aromatic carboxylic acids is 1. The fraction of sp³-hybridized carbons (Fsp3) is 0.421. The summed E-state index contributed by atoms with van der Waals surface area (Å²) in [6.07, 6.45) is 4.81. The maximum absolute atomic E-state index is 12.6. The number of rotatable bonds is 14. The average Bonchev–Trinajstić information content (AvgIpc) is 3.04. The maximum atomic E-state index is 12.6. The molecule has 2 aromatic carbocycles. The van der Waals surface area contributed by atoms with E-state index in [2.05, 4.69) is 16.7 Å². The summed E-state index contributed by atoms with van der Waals surface area (Å²) in [5, 5.41) is 28.2. The molecule has 256 valence electrons. The Kier molecular flexibility index (Phi) is 12.2. The number of benzene rings is 2. The van der Waals surface area contributed by atoms with Crippen LogP contribution in [0.1, 0.15) is 93.3 Å². The van der Waals surface area contributed by atoms with Gasteiger partial charge in [-0.15, -0.1) is 0 Å². The number of likely N-dealkylation sites (N-methyl/N-ethyl adjacent to an activating group) is 1. The molecule has 10 heteroatoms. The van der Waals surface area contributed by atoms with E-state index in [1.165, 1.54) is 6.07 Å². The molecule has 2 atom stereocenters. The molecule has 0 heterocycles. The molecule has 10 nitrogen and oxygen atoms in total. The minimum atomic E-state index is -1.38. The fourth-order valence-electron chi connectivity index (χ4n) is 6.23. The molecule has 0 amide bonds. The smallest absolute Gasteiger partial charge is 0.306 e. The van der Waals surface area contributed by atoms with E-state index in [-0.39, 0.29) is 55.2 Å². The number of carboxylic acid groups (broad SMARTS) is 1. The monoisotopic (exact) mass is 658 g/mol. The molecule has 2 aromatic rings. The SMILES string of the molecule is CCNC1=CC/C(=C(\c2cc(C)c(NCC)cc2[OH2+])c2ccc(OCCCC(=O)OC(C)C3CC(=O)CCC3=O)cc2C(=O)[O-])C=C1C. The molecule has 4 N–H and O–H groups in total. The third-order valence-corrected chi connectivity index (χ3v) is 8.70. The lowest BCUT2D eigenvalue weighted by Crippen LogP contribution is -2.35.